The third-order valence-electron chi connectivity index (χ3n) is 2.64. The van der Waals surface area contributed by atoms with Crippen LogP contribution in [0.3, 0.4) is 0 Å². The lowest BCUT2D eigenvalue weighted by Gasteiger charge is -1.98. The molecule has 17 heavy (non-hydrogen) atoms. The number of furan rings is 1. The van der Waals surface area contributed by atoms with E-state index in [2.05, 4.69) is 11.9 Å². The van der Waals surface area contributed by atoms with Crippen molar-refractivity contribution in [2.24, 2.45) is 5.73 Å². The molecule has 0 radical (unpaired) electrons. The number of nitrogens with zero attached hydrogens (tertiary/aromatic N) is 1. The van der Waals surface area contributed by atoms with Crippen molar-refractivity contribution >= 4 is 6.08 Å². The predicted molar refractivity (Wildman–Crippen MR) is 69.3 cm³/mol. The zero-order valence-corrected chi connectivity index (χ0v) is 9.89. The van der Waals surface area contributed by atoms with Gasteiger partial charge in [0.05, 0.1) is 0 Å². The highest BCUT2D eigenvalue weighted by atomic mass is 16.3. The molecule has 0 saturated carbocycles. The van der Waals surface area contributed by atoms with Crippen LogP contribution in [-0.2, 0) is 0 Å². The molecule has 0 saturated heterocycles. The highest BCUT2D eigenvalue weighted by molar-refractivity contribution is 5.59. The summed E-state index contributed by atoms with van der Waals surface area (Å²) in [6, 6.07) is 7.77. The van der Waals surface area contributed by atoms with Crippen molar-refractivity contribution in [2.75, 3.05) is 6.54 Å². The van der Waals surface area contributed by atoms with Gasteiger partial charge < -0.3 is 10.2 Å². The number of aromatic nitrogens is 1. The van der Waals surface area contributed by atoms with Gasteiger partial charge in [-0.25, -0.2) is 0 Å². The second-order valence-corrected chi connectivity index (χ2v) is 3.80. The van der Waals surface area contributed by atoms with Gasteiger partial charge in [0.1, 0.15) is 11.5 Å². The van der Waals surface area contributed by atoms with Crippen LogP contribution in [0.2, 0.25) is 0 Å². The van der Waals surface area contributed by atoms with Crippen molar-refractivity contribution in [3.63, 3.8) is 0 Å². The van der Waals surface area contributed by atoms with Crippen molar-refractivity contribution in [2.45, 2.75) is 13.3 Å². The summed E-state index contributed by atoms with van der Waals surface area (Å²) in [6.45, 7) is 2.66. The molecule has 2 aromatic heterocycles. The minimum absolute atomic E-state index is 0.569. The second-order valence-electron chi connectivity index (χ2n) is 3.80. The lowest BCUT2D eigenvalue weighted by molar-refractivity contribution is 0.570. The number of rotatable bonds is 4. The van der Waals surface area contributed by atoms with Crippen LogP contribution >= 0.6 is 0 Å². The van der Waals surface area contributed by atoms with E-state index >= 15 is 0 Å². The summed E-state index contributed by atoms with van der Waals surface area (Å²) < 4.78 is 5.73. The first-order chi connectivity index (χ1) is 8.33. The summed E-state index contributed by atoms with van der Waals surface area (Å²) in [4.78, 5) is 4.07. The van der Waals surface area contributed by atoms with Gasteiger partial charge in [-0.3, -0.25) is 4.98 Å². The van der Waals surface area contributed by atoms with Crippen LogP contribution < -0.4 is 5.73 Å². The lowest BCUT2D eigenvalue weighted by atomic mass is 10.2. The van der Waals surface area contributed by atoms with Crippen molar-refractivity contribution in [1.82, 2.24) is 4.98 Å². The van der Waals surface area contributed by atoms with Crippen molar-refractivity contribution in [3.8, 4) is 11.3 Å². The minimum Gasteiger partial charge on any atom is -0.457 e. The molecule has 2 rings (SSSR count). The normalized spacial score (nSPS) is 11.8. The fourth-order valence-corrected chi connectivity index (χ4v) is 1.60. The van der Waals surface area contributed by atoms with Gasteiger partial charge in [0.25, 0.3) is 0 Å². The molecule has 0 aliphatic carbocycles. The average molecular weight is 228 g/mol. The highest BCUT2D eigenvalue weighted by Crippen LogP contribution is 2.22. The first-order valence-electron chi connectivity index (χ1n) is 5.73. The Morgan fingerprint density at radius 1 is 1.41 bits per heavy atom. The first-order valence-corrected chi connectivity index (χ1v) is 5.73. The summed E-state index contributed by atoms with van der Waals surface area (Å²) in [6.07, 6.45) is 6.48. The summed E-state index contributed by atoms with van der Waals surface area (Å²) >= 11 is 0. The molecule has 0 fully saturated rings. The molecule has 0 spiro atoms. The molecular formula is C14H16N2O. The number of hydrogen-bond donors (Lipinski definition) is 1. The third kappa shape index (κ3) is 2.82. The Kier molecular flexibility index (Phi) is 3.73. The Morgan fingerprint density at radius 2 is 2.29 bits per heavy atom. The Balaban J connectivity index is 2.25. The van der Waals surface area contributed by atoms with Crippen LogP contribution in [0, 0.1) is 0 Å². The fraction of sp³-hybridized carbons (Fsp3) is 0.214. The van der Waals surface area contributed by atoms with E-state index in [-0.39, 0.29) is 0 Å². The molecule has 2 heterocycles. The maximum absolute atomic E-state index is 5.73. The van der Waals surface area contributed by atoms with Crippen LogP contribution in [0.1, 0.15) is 19.1 Å². The molecular weight excluding hydrogens is 212 g/mol. The number of nitrogens with two attached hydrogens (primary N) is 1. The molecule has 0 unspecified atom stereocenters. The molecule has 0 aromatic carbocycles. The molecule has 3 heteroatoms. The van der Waals surface area contributed by atoms with Gasteiger partial charge in [-0.15, -0.1) is 0 Å². The third-order valence-corrected chi connectivity index (χ3v) is 2.64. The zero-order chi connectivity index (χ0) is 12.1. The molecule has 88 valence electrons. The molecule has 0 amide bonds. The summed E-state index contributed by atoms with van der Waals surface area (Å²) in [5.41, 5.74) is 7.79. The van der Waals surface area contributed by atoms with Gasteiger partial charge in [0.2, 0.25) is 0 Å². The topological polar surface area (TPSA) is 52.0 Å². The van der Waals surface area contributed by atoms with E-state index in [0.29, 0.717) is 6.54 Å². The molecule has 2 N–H and O–H groups in total. The Hall–Kier alpha value is -1.87. The van der Waals surface area contributed by atoms with E-state index < -0.39 is 0 Å². The Bertz CT molecular complexity index is 494. The van der Waals surface area contributed by atoms with Gasteiger partial charge in [-0.05, 0) is 36.8 Å². The number of hydrogen-bond acceptors (Lipinski definition) is 3. The molecule has 0 atom stereocenters. The van der Waals surface area contributed by atoms with E-state index in [4.69, 9.17) is 10.2 Å². The van der Waals surface area contributed by atoms with Gasteiger partial charge >= 0.3 is 0 Å². The number of pyridine rings is 1. The largest absolute Gasteiger partial charge is 0.457 e. The summed E-state index contributed by atoms with van der Waals surface area (Å²) in [5, 5.41) is 0. The van der Waals surface area contributed by atoms with E-state index in [0.717, 1.165) is 23.5 Å². The standard InChI is InChI=1S/C14H16N2O/c1-2-11(9-15)8-13-5-6-14(17-13)12-4-3-7-16-10-12/h3-8,10H,2,9,15H2,1H3. The maximum Gasteiger partial charge on any atom is 0.136 e. The van der Waals surface area contributed by atoms with Gasteiger partial charge in [0, 0.05) is 24.5 Å². The van der Waals surface area contributed by atoms with Crippen LogP contribution in [0.4, 0.5) is 0 Å². The Morgan fingerprint density at radius 3 is 2.94 bits per heavy atom. The van der Waals surface area contributed by atoms with Crippen molar-refractivity contribution in [1.29, 1.82) is 0 Å². The quantitative estimate of drug-likeness (QED) is 0.874. The van der Waals surface area contributed by atoms with Gasteiger partial charge in [-0.1, -0.05) is 12.5 Å². The maximum atomic E-state index is 5.73. The Labute approximate surface area is 101 Å². The van der Waals surface area contributed by atoms with E-state index in [1.807, 2.05) is 30.3 Å². The van der Waals surface area contributed by atoms with Crippen LogP contribution in [-0.4, -0.2) is 11.5 Å². The van der Waals surface area contributed by atoms with E-state index in [9.17, 15) is 0 Å². The fourth-order valence-electron chi connectivity index (χ4n) is 1.60. The van der Waals surface area contributed by atoms with Crippen molar-refractivity contribution < 1.29 is 4.42 Å². The van der Waals surface area contributed by atoms with E-state index in [1.165, 1.54) is 5.57 Å². The van der Waals surface area contributed by atoms with Gasteiger partial charge in [0.15, 0.2) is 0 Å². The van der Waals surface area contributed by atoms with Crippen LogP contribution in [0.25, 0.3) is 17.4 Å². The molecule has 3 nitrogen and oxygen atoms in total. The molecule has 0 aliphatic heterocycles. The lowest BCUT2D eigenvalue weighted by Crippen LogP contribution is -2.01. The predicted octanol–water partition coefficient (Wildman–Crippen LogP) is 3.09. The average Bonchev–Trinajstić information content (AvgIpc) is 2.85. The molecule has 0 aliphatic rings. The SMILES string of the molecule is CCC(=Cc1ccc(-c2cccnc2)o1)CN. The monoisotopic (exact) mass is 228 g/mol. The molecule has 0 bridgehead atoms. The smallest absolute Gasteiger partial charge is 0.136 e. The highest BCUT2D eigenvalue weighted by Gasteiger charge is 2.03. The minimum atomic E-state index is 0.569. The first kappa shape index (κ1) is 11.6. The van der Waals surface area contributed by atoms with E-state index in [1.54, 1.807) is 12.4 Å². The van der Waals surface area contributed by atoms with Crippen LogP contribution in [0.15, 0.2) is 46.6 Å². The van der Waals surface area contributed by atoms with Gasteiger partial charge in [-0.2, -0.15) is 0 Å². The second kappa shape index (κ2) is 5.46. The zero-order valence-electron chi connectivity index (χ0n) is 9.89. The van der Waals surface area contributed by atoms with Crippen LogP contribution in [0.5, 0.6) is 0 Å². The molecule has 2 aromatic rings. The van der Waals surface area contributed by atoms with Crippen molar-refractivity contribution in [3.05, 3.63) is 48.0 Å². The summed E-state index contributed by atoms with van der Waals surface area (Å²) in [5.74, 6) is 1.67. The summed E-state index contributed by atoms with van der Waals surface area (Å²) in [7, 11) is 0.